The minimum Gasteiger partial charge on any atom is -0.383 e. The Labute approximate surface area is 146 Å². The first-order valence-electron chi connectivity index (χ1n) is 7.31. The highest BCUT2D eigenvalue weighted by molar-refractivity contribution is 7.86. The van der Waals surface area contributed by atoms with Crippen molar-refractivity contribution in [3.8, 4) is 0 Å². The Morgan fingerprint density at radius 3 is 2.46 bits per heavy atom. The smallest absolute Gasteiger partial charge is 0.264 e. The Morgan fingerprint density at radius 2 is 1.96 bits per heavy atom. The molecule has 3 atom stereocenters. The Morgan fingerprint density at radius 1 is 1.33 bits per heavy atom. The average Bonchev–Trinajstić information content (AvgIpc) is 2.97. The van der Waals surface area contributed by atoms with Crippen molar-refractivity contribution < 1.29 is 17.7 Å². The summed E-state index contributed by atoms with van der Waals surface area (Å²) in [5.41, 5.74) is -0.846. The zero-order chi connectivity index (χ0) is 18.0. The Bertz CT molecular complexity index is 765. The summed E-state index contributed by atoms with van der Waals surface area (Å²) in [6.07, 6.45) is 3.08. The van der Waals surface area contributed by atoms with Crippen LogP contribution in [0.1, 0.15) is 19.4 Å². The minimum absolute atomic E-state index is 0.0905. The molecule has 0 spiro atoms. The second kappa shape index (κ2) is 7.18. The lowest BCUT2D eigenvalue weighted by Crippen LogP contribution is -2.44. The second-order valence-corrected chi connectivity index (χ2v) is 7.86. The molecule has 9 heteroatoms. The van der Waals surface area contributed by atoms with E-state index in [4.69, 9.17) is 15.8 Å². The summed E-state index contributed by atoms with van der Waals surface area (Å²) >= 11 is 5.92. The molecular weight excluding hydrogens is 354 g/mol. The first kappa shape index (κ1) is 18.9. The molecule has 132 valence electrons. The number of nitrogens with zero attached hydrogens (tertiary/aromatic N) is 3. The number of aromatic nitrogens is 3. The molecule has 0 aliphatic rings. The van der Waals surface area contributed by atoms with Crippen LogP contribution in [0.25, 0.3) is 0 Å². The van der Waals surface area contributed by atoms with Gasteiger partial charge in [-0.05, 0) is 24.6 Å². The highest BCUT2D eigenvalue weighted by Crippen LogP contribution is 2.35. The molecule has 1 N–H and O–H groups in total. The summed E-state index contributed by atoms with van der Waals surface area (Å²) < 4.78 is 29.4. The van der Waals surface area contributed by atoms with Crippen LogP contribution in [0.2, 0.25) is 5.02 Å². The molecule has 1 heterocycles. The van der Waals surface area contributed by atoms with Crippen LogP contribution in [-0.2, 0) is 26.4 Å². The highest BCUT2D eigenvalue weighted by Gasteiger charge is 2.41. The van der Waals surface area contributed by atoms with Crippen molar-refractivity contribution >= 4 is 21.7 Å². The van der Waals surface area contributed by atoms with Gasteiger partial charge in [0.05, 0.1) is 18.9 Å². The van der Waals surface area contributed by atoms with Crippen molar-refractivity contribution in [3.05, 3.63) is 47.5 Å². The summed E-state index contributed by atoms with van der Waals surface area (Å²) in [5.74, 6) is -0.558. The number of benzene rings is 1. The van der Waals surface area contributed by atoms with Gasteiger partial charge in [-0.25, -0.2) is 9.67 Å². The molecule has 7 nitrogen and oxygen atoms in total. The average molecular weight is 374 g/mol. The van der Waals surface area contributed by atoms with Gasteiger partial charge in [0, 0.05) is 10.9 Å². The van der Waals surface area contributed by atoms with Gasteiger partial charge in [-0.1, -0.05) is 30.7 Å². The summed E-state index contributed by atoms with van der Waals surface area (Å²) in [6.45, 7) is 3.42. The molecule has 0 bridgehead atoms. The topological polar surface area (TPSA) is 94.3 Å². The van der Waals surface area contributed by atoms with Gasteiger partial charge < -0.3 is 5.11 Å². The molecule has 3 unspecified atom stereocenters. The first-order chi connectivity index (χ1) is 11.1. The normalized spacial score (nSPS) is 17.2. The maximum absolute atomic E-state index is 11.4. The van der Waals surface area contributed by atoms with Crippen molar-refractivity contribution in [1.82, 2.24) is 14.8 Å². The lowest BCUT2D eigenvalue weighted by Gasteiger charge is -2.37. The van der Waals surface area contributed by atoms with Crippen molar-refractivity contribution in [2.24, 2.45) is 5.92 Å². The zero-order valence-corrected chi connectivity index (χ0v) is 15.2. The van der Waals surface area contributed by atoms with Crippen LogP contribution in [-0.4, -0.2) is 40.6 Å². The molecule has 2 rings (SSSR count). The Kier molecular flexibility index (Phi) is 5.64. The summed E-state index contributed by atoms with van der Waals surface area (Å²) in [5, 5.41) is 15.9. The first-order valence-corrected chi connectivity index (χ1v) is 9.50. The van der Waals surface area contributed by atoms with E-state index in [1.807, 2.05) is 0 Å². The fraction of sp³-hybridized carbons (Fsp3) is 0.467. The van der Waals surface area contributed by atoms with Crippen LogP contribution < -0.4 is 0 Å². The monoisotopic (exact) mass is 373 g/mol. The van der Waals surface area contributed by atoms with Crippen LogP contribution in [0.3, 0.4) is 0 Å². The van der Waals surface area contributed by atoms with Gasteiger partial charge in [-0.2, -0.15) is 13.5 Å². The SMILES string of the molecule is CC(OS(C)(=O)=O)C(C)C(O)(Cn1cncn1)c1ccc(Cl)cc1. The standard InChI is InChI=1S/C15H20ClN3O4S/c1-11(12(2)23-24(3,21)22)15(20,8-19-10-17-9-18-19)13-4-6-14(16)7-5-13/h4-7,9-12,20H,8H2,1-3H3. The largest absolute Gasteiger partial charge is 0.383 e. The Balaban J connectivity index is 2.39. The summed E-state index contributed by atoms with van der Waals surface area (Å²) in [6, 6.07) is 6.72. The molecular formula is C15H20ClN3O4S. The molecule has 0 saturated heterocycles. The number of hydrogen-bond donors (Lipinski definition) is 1. The van der Waals surface area contributed by atoms with E-state index in [0.29, 0.717) is 10.6 Å². The van der Waals surface area contributed by atoms with Gasteiger partial charge in [0.15, 0.2) is 0 Å². The fourth-order valence-electron chi connectivity index (χ4n) is 2.55. The van der Waals surface area contributed by atoms with Crippen molar-refractivity contribution in [1.29, 1.82) is 0 Å². The molecule has 0 amide bonds. The molecule has 2 aromatic rings. The van der Waals surface area contributed by atoms with E-state index in [1.54, 1.807) is 38.1 Å². The number of halogens is 1. The quantitative estimate of drug-likeness (QED) is 0.744. The third kappa shape index (κ3) is 4.54. The summed E-state index contributed by atoms with van der Waals surface area (Å²) in [4.78, 5) is 3.87. The van der Waals surface area contributed by atoms with Gasteiger partial charge in [0.2, 0.25) is 0 Å². The second-order valence-electron chi connectivity index (χ2n) is 5.82. The van der Waals surface area contributed by atoms with Crippen LogP contribution >= 0.6 is 11.6 Å². The van der Waals surface area contributed by atoms with Gasteiger partial charge in [-0.15, -0.1) is 0 Å². The van der Waals surface area contributed by atoms with E-state index in [-0.39, 0.29) is 6.54 Å². The van der Waals surface area contributed by atoms with Gasteiger partial charge >= 0.3 is 0 Å². The third-order valence-electron chi connectivity index (χ3n) is 4.00. The van der Waals surface area contributed by atoms with Crippen molar-refractivity contribution in [3.63, 3.8) is 0 Å². The third-order valence-corrected chi connectivity index (χ3v) is 4.90. The number of aliphatic hydroxyl groups is 1. The molecule has 0 saturated carbocycles. The van der Waals surface area contributed by atoms with Crippen LogP contribution in [0.5, 0.6) is 0 Å². The van der Waals surface area contributed by atoms with Gasteiger partial charge in [0.1, 0.15) is 18.3 Å². The molecule has 1 aromatic carbocycles. The lowest BCUT2D eigenvalue weighted by atomic mass is 9.79. The van der Waals surface area contributed by atoms with Gasteiger partial charge in [-0.3, -0.25) is 4.18 Å². The van der Waals surface area contributed by atoms with Crippen LogP contribution in [0, 0.1) is 5.92 Å². The fourth-order valence-corrected chi connectivity index (χ4v) is 3.39. The molecule has 0 fully saturated rings. The minimum atomic E-state index is -3.65. The number of rotatable bonds is 7. The molecule has 24 heavy (non-hydrogen) atoms. The van der Waals surface area contributed by atoms with Crippen molar-refractivity contribution in [2.45, 2.75) is 32.1 Å². The summed E-state index contributed by atoms with van der Waals surface area (Å²) in [7, 11) is -3.65. The van der Waals surface area contributed by atoms with E-state index in [1.165, 1.54) is 17.3 Å². The maximum atomic E-state index is 11.4. The molecule has 0 aliphatic heterocycles. The van der Waals surface area contributed by atoms with E-state index < -0.39 is 27.7 Å². The van der Waals surface area contributed by atoms with E-state index >= 15 is 0 Å². The van der Waals surface area contributed by atoms with E-state index in [0.717, 1.165) is 6.26 Å². The lowest BCUT2D eigenvalue weighted by molar-refractivity contribution is -0.0704. The highest BCUT2D eigenvalue weighted by atomic mass is 35.5. The molecule has 0 aliphatic carbocycles. The van der Waals surface area contributed by atoms with E-state index in [9.17, 15) is 13.5 Å². The number of hydrogen-bond acceptors (Lipinski definition) is 6. The predicted molar refractivity (Wildman–Crippen MR) is 89.9 cm³/mol. The van der Waals surface area contributed by atoms with E-state index in [2.05, 4.69) is 10.1 Å². The van der Waals surface area contributed by atoms with Crippen molar-refractivity contribution in [2.75, 3.05) is 6.26 Å². The molecule has 0 radical (unpaired) electrons. The molecule has 1 aromatic heterocycles. The van der Waals surface area contributed by atoms with Crippen LogP contribution in [0.4, 0.5) is 0 Å². The van der Waals surface area contributed by atoms with Crippen LogP contribution in [0.15, 0.2) is 36.9 Å². The predicted octanol–water partition coefficient (Wildman–Crippen LogP) is 1.82. The van der Waals surface area contributed by atoms with Gasteiger partial charge in [0.25, 0.3) is 10.1 Å². The Hall–Kier alpha value is -1.48. The zero-order valence-electron chi connectivity index (χ0n) is 13.6. The maximum Gasteiger partial charge on any atom is 0.264 e.